The molecule has 12 atom stereocenters. The minimum Gasteiger partial charge on any atom is -0.394 e. The van der Waals surface area contributed by atoms with Crippen molar-refractivity contribution in [2.75, 3.05) is 19.8 Å². The van der Waals surface area contributed by atoms with Crippen LogP contribution in [-0.2, 0) is 23.7 Å². The Balaban J connectivity index is 1.67. The molecule has 0 saturated carbocycles. The highest BCUT2D eigenvalue weighted by atomic mass is 16.7. The Morgan fingerprint density at radius 3 is 1.07 bits per heavy atom. The zero-order chi connectivity index (χ0) is 71.5. The molecule has 0 radical (unpaired) electrons. The fourth-order valence-electron chi connectivity index (χ4n) is 12.1. The van der Waals surface area contributed by atoms with Gasteiger partial charge >= 0.3 is 0 Å². The molecule has 566 valence electrons. The molecule has 12 unspecified atom stereocenters. The van der Waals surface area contributed by atoms with Crippen LogP contribution in [0.4, 0.5) is 0 Å². The van der Waals surface area contributed by atoms with Gasteiger partial charge in [0.1, 0.15) is 48.8 Å². The molecule has 0 aromatic carbocycles. The van der Waals surface area contributed by atoms with E-state index in [1.165, 1.54) is 154 Å². The number of ether oxygens (including phenoxy) is 4. The first-order valence-corrected chi connectivity index (χ1v) is 39.6. The lowest BCUT2D eigenvalue weighted by Crippen LogP contribution is -2.65. The van der Waals surface area contributed by atoms with Crippen LogP contribution in [0, 0.1) is 0 Å². The highest BCUT2D eigenvalue weighted by Crippen LogP contribution is 2.30. The first-order valence-electron chi connectivity index (χ1n) is 39.6. The summed E-state index contributed by atoms with van der Waals surface area (Å²) in [6.07, 6.45) is 84.8. The molecule has 9 N–H and O–H groups in total. The Hall–Kier alpha value is -4.13. The predicted molar refractivity (Wildman–Crippen MR) is 410 cm³/mol. The molecule has 0 aliphatic carbocycles. The third-order valence-electron chi connectivity index (χ3n) is 18.3. The number of nitrogens with one attached hydrogen (secondary N) is 1. The molecule has 0 spiro atoms. The van der Waals surface area contributed by atoms with Crippen LogP contribution in [0.3, 0.4) is 0 Å². The molecule has 0 aromatic heterocycles. The number of amides is 1. The molecule has 0 aromatic rings. The number of carbonyl (C=O) groups is 1. The van der Waals surface area contributed by atoms with E-state index in [0.29, 0.717) is 6.42 Å². The maximum absolute atomic E-state index is 13.4. The maximum Gasteiger partial charge on any atom is 0.220 e. The van der Waals surface area contributed by atoms with Gasteiger partial charge in [-0.2, -0.15) is 0 Å². The van der Waals surface area contributed by atoms with E-state index in [4.69, 9.17) is 18.9 Å². The van der Waals surface area contributed by atoms with Gasteiger partial charge in [0, 0.05) is 6.42 Å². The van der Waals surface area contributed by atoms with E-state index < -0.39 is 86.8 Å². The van der Waals surface area contributed by atoms with Gasteiger partial charge in [0.15, 0.2) is 12.6 Å². The summed E-state index contributed by atoms with van der Waals surface area (Å²) < 4.78 is 22.9. The van der Waals surface area contributed by atoms with E-state index in [1.54, 1.807) is 6.08 Å². The molecule has 2 aliphatic rings. The maximum atomic E-state index is 13.4. The van der Waals surface area contributed by atoms with Gasteiger partial charge in [-0.05, 0) is 103 Å². The minimum absolute atomic E-state index is 0.232. The topological polar surface area (TPSA) is 228 Å². The van der Waals surface area contributed by atoms with Crippen LogP contribution >= 0.6 is 0 Å². The first kappa shape index (κ1) is 91.0. The summed E-state index contributed by atoms with van der Waals surface area (Å²) in [6, 6.07) is -0.946. The van der Waals surface area contributed by atoms with Crippen LogP contribution in [0.15, 0.2) is 146 Å². The quantitative estimate of drug-likeness (QED) is 0.0204. The van der Waals surface area contributed by atoms with E-state index in [1.807, 2.05) is 6.08 Å². The summed E-state index contributed by atoms with van der Waals surface area (Å²) in [5, 5.41) is 87.6. The number of carbonyl (C=O) groups excluding carboxylic acids is 1. The SMILES string of the molecule is CC/C=C\C/C=C\C/C=C\C/C=C\C/C=C\C/C=C\C/C=C\C/C=C\C/C=C\C/C=C\C/C=C\CCCCCC(=O)NC(COC1OC(CO)C(OC2OC(CO)C(O)C(O)C2O)C(O)C1O)C(O)/C=C/CCCCCCCCCCCCCCCCCCCCCCCCCCCC. The lowest BCUT2D eigenvalue weighted by atomic mass is 9.97. The summed E-state index contributed by atoms with van der Waals surface area (Å²) in [6.45, 7) is 2.68. The zero-order valence-corrected chi connectivity index (χ0v) is 61.9. The summed E-state index contributed by atoms with van der Waals surface area (Å²) >= 11 is 0. The average molecular weight is 1390 g/mol. The molecule has 99 heavy (non-hydrogen) atoms. The standard InChI is InChI=1S/C85H143NO13/c1-3-5-7-9-11-13-15-17-19-21-23-25-27-29-31-33-34-35-36-37-38-39-40-41-43-45-47-49-51-53-55-57-59-61-63-65-67-69-77(90)86-73(72-96-84-82(95)80(93)83(76(71-88)98-84)99-85-81(94)79(92)78(91)75(70-87)97-85)74(89)68-66-64-62-60-58-56-54-52-50-48-46-44-42-32-30-28-26-24-22-20-18-16-14-12-10-8-6-4-2/h5,7,11,13,17,19,23,25,29,31,34-35,37-38,40-41,45,47,51,53,57,59,66,68,73-76,78-85,87-89,91-95H,3-4,6,8-10,12,14-16,18,20-22,24,26-28,30,32-33,36,39,42-44,46,48-50,52,54-56,58,60-65,67,69-72H2,1-2H3,(H,86,90)/b7-5-,13-11-,19-17-,25-23-,31-29-,35-34-,38-37-,41-40-,47-45-,53-51-,59-57-,68-66+. The molecular weight excluding hydrogens is 1240 g/mol. The number of unbranched alkanes of at least 4 members (excludes halogenated alkanes) is 29. The lowest BCUT2D eigenvalue weighted by Gasteiger charge is -2.46. The van der Waals surface area contributed by atoms with E-state index in [9.17, 15) is 45.6 Å². The van der Waals surface area contributed by atoms with E-state index >= 15 is 0 Å². The van der Waals surface area contributed by atoms with Crippen molar-refractivity contribution >= 4 is 5.91 Å². The Labute approximate surface area is 602 Å². The molecule has 2 rings (SSSR count). The van der Waals surface area contributed by atoms with Crippen LogP contribution in [0.2, 0.25) is 0 Å². The van der Waals surface area contributed by atoms with Crippen LogP contribution in [0.5, 0.6) is 0 Å². The van der Waals surface area contributed by atoms with E-state index in [-0.39, 0.29) is 18.9 Å². The van der Waals surface area contributed by atoms with Gasteiger partial charge in [-0.15, -0.1) is 0 Å². The van der Waals surface area contributed by atoms with Crippen LogP contribution in [-0.4, -0.2) is 140 Å². The third-order valence-corrected chi connectivity index (χ3v) is 18.3. The van der Waals surface area contributed by atoms with Crippen molar-refractivity contribution in [2.24, 2.45) is 0 Å². The van der Waals surface area contributed by atoms with Gasteiger partial charge in [0.25, 0.3) is 0 Å². The first-order chi connectivity index (χ1) is 48.6. The van der Waals surface area contributed by atoms with E-state index in [2.05, 4.69) is 153 Å². The zero-order valence-electron chi connectivity index (χ0n) is 61.9. The Morgan fingerprint density at radius 2 is 0.697 bits per heavy atom. The van der Waals surface area contributed by atoms with Crippen molar-refractivity contribution in [3.8, 4) is 0 Å². The minimum atomic E-state index is -1.80. The third kappa shape index (κ3) is 50.0. The molecule has 2 aliphatic heterocycles. The van der Waals surface area contributed by atoms with Crippen LogP contribution < -0.4 is 5.32 Å². The van der Waals surface area contributed by atoms with Crippen LogP contribution in [0.25, 0.3) is 0 Å². The highest BCUT2D eigenvalue weighted by Gasteiger charge is 2.51. The lowest BCUT2D eigenvalue weighted by molar-refractivity contribution is -0.359. The molecule has 2 saturated heterocycles. The Kier molecular flexibility index (Phi) is 61.6. The largest absolute Gasteiger partial charge is 0.394 e. The second-order valence-electron chi connectivity index (χ2n) is 27.1. The fourth-order valence-corrected chi connectivity index (χ4v) is 12.1. The van der Waals surface area contributed by atoms with Crippen LogP contribution in [0.1, 0.15) is 290 Å². The van der Waals surface area contributed by atoms with Crippen molar-refractivity contribution in [1.29, 1.82) is 0 Å². The second kappa shape index (κ2) is 67.1. The van der Waals surface area contributed by atoms with Gasteiger partial charge < -0.3 is 65.1 Å². The molecule has 14 heteroatoms. The molecule has 1 amide bonds. The number of aliphatic hydroxyl groups excluding tert-OH is 8. The van der Waals surface area contributed by atoms with Gasteiger partial charge in [0.2, 0.25) is 5.91 Å². The second-order valence-corrected chi connectivity index (χ2v) is 27.1. The van der Waals surface area contributed by atoms with Gasteiger partial charge in [-0.3, -0.25) is 4.79 Å². The summed E-state index contributed by atoms with van der Waals surface area (Å²) in [5.74, 6) is -0.274. The van der Waals surface area contributed by atoms with Crippen molar-refractivity contribution in [1.82, 2.24) is 5.32 Å². The highest BCUT2D eigenvalue weighted by molar-refractivity contribution is 5.76. The van der Waals surface area contributed by atoms with Crippen molar-refractivity contribution in [3.63, 3.8) is 0 Å². The Bertz CT molecular complexity index is 2230. The molecule has 14 nitrogen and oxygen atoms in total. The monoisotopic (exact) mass is 1390 g/mol. The Morgan fingerprint density at radius 1 is 0.374 bits per heavy atom. The van der Waals surface area contributed by atoms with Crippen molar-refractivity contribution in [3.05, 3.63) is 146 Å². The normalized spacial score (nSPS) is 22.8. The predicted octanol–water partition coefficient (Wildman–Crippen LogP) is 18.0. The van der Waals surface area contributed by atoms with Crippen molar-refractivity contribution in [2.45, 2.75) is 364 Å². The van der Waals surface area contributed by atoms with Gasteiger partial charge in [0.05, 0.1) is 32.0 Å². The summed E-state index contributed by atoms with van der Waals surface area (Å²) in [4.78, 5) is 13.4. The van der Waals surface area contributed by atoms with Gasteiger partial charge in [-0.25, -0.2) is 0 Å². The van der Waals surface area contributed by atoms with Crippen molar-refractivity contribution < 1.29 is 64.6 Å². The molecule has 2 heterocycles. The number of allylic oxidation sites excluding steroid dienone is 23. The molecule has 0 bridgehead atoms. The summed E-state index contributed by atoms with van der Waals surface area (Å²) in [5.41, 5.74) is 0. The number of hydrogen-bond acceptors (Lipinski definition) is 13. The number of hydrogen-bond donors (Lipinski definition) is 9. The fraction of sp³-hybridized carbons (Fsp3) is 0.706. The molecular formula is C85H143NO13. The summed E-state index contributed by atoms with van der Waals surface area (Å²) in [7, 11) is 0. The molecule has 2 fully saturated rings. The average Bonchev–Trinajstić information content (AvgIpc) is 0.793. The number of rotatable bonds is 64. The van der Waals surface area contributed by atoms with Gasteiger partial charge in [-0.1, -0.05) is 327 Å². The van der Waals surface area contributed by atoms with E-state index in [0.717, 1.165) is 109 Å². The number of aliphatic hydroxyl groups is 8. The smallest absolute Gasteiger partial charge is 0.220 e.